The van der Waals surface area contributed by atoms with Crippen LogP contribution in [0.1, 0.15) is 0 Å². The number of carbonyl (C=O) groups is 3. The highest BCUT2D eigenvalue weighted by Crippen LogP contribution is 2.40. The van der Waals surface area contributed by atoms with Crippen LogP contribution < -0.4 is 10.1 Å². The molecule has 2 heterocycles. The van der Waals surface area contributed by atoms with Crippen LogP contribution in [-0.4, -0.2) is 58.0 Å². The van der Waals surface area contributed by atoms with Gasteiger partial charge in [0.2, 0.25) is 0 Å². The third-order valence-corrected chi connectivity index (χ3v) is 6.28. The van der Waals surface area contributed by atoms with Gasteiger partial charge < -0.3 is 14.8 Å². The van der Waals surface area contributed by atoms with Crippen molar-refractivity contribution in [2.45, 2.75) is 11.4 Å². The first-order valence-corrected chi connectivity index (χ1v) is 10.4. The number of benzene rings is 1. The summed E-state index contributed by atoms with van der Waals surface area (Å²) in [4.78, 5) is 38.1. The van der Waals surface area contributed by atoms with Crippen molar-refractivity contribution in [2.24, 2.45) is 0 Å². The molecule has 0 bridgehead atoms. The highest BCUT2D eigenvalue weighted by molar-refractivity contribution is 14.1. The van der Waals surface area contributed by atoms with E-state index in [1.54, 1.807) is 12.1 Å². The second-order valence-corrected chi connectivity index (χ2v) is 7.50. The second-order valence-electron chi connectivity index (χ2n) is 5.63. The van der Waals surface area contributed by atoms with Gasteiger partial charge in [-0.15, -0.1) is 11.8 Å². The normalized spacial score (nSPS) is 21.6. The van der Waals surface area contributed by atoms with Crippen LogP contribution in [0.3, 0.4) is 0 Å². The minimum Gasteiger partial charge on any atom is -0.484 e. The number of para-hydroxylation sites is 1. The number of alkyl halides is 1. The molecule has 0 spiro atoms. The predicted molar refractivity (Wildman–Crippen MR) is 105 cm³/mol. The molecule has 1 unspecified atom stereocenters. The van der Waals surface area contributed by atoms with Gasteiger partial charge in [-0.1, -0.05) is 40.8 Å². The van der Waals surface area contributed by atoms with Crippen molar-refractivity contribution in [1.29, 1.82) is 0 Å². The van der Waals surface area contributed by atoms with E-state index in [-0.39, 0.29) is 23.8 Å². The molecule has 1 fully saturated rings. The van der Waals surface area contributed by atoms with Gasteiger partial charge in [0.05, 0.1) is 7.11 Å². The number of hydrogen-bond acceptors (Lipinski definition) is 6. The van der Waals surface area contributed by atoms with E-state index < -0.39 is 12.0 Å². The van der Waals surface area contributed by atoms with E-state index in [2.05, 4.69) is 27.9 Å². The molecule has 0 saturated carbocycles. The van der Waals surface area contributed by atoms with E-state index in [0.717, 1.165) is 5.57 Å². The van der Waals surface area contributed by atoms with E-state index >= 15 is 0 Å². The molecular weight excluding hydrogens is 471 g/mol. The van der Waals surface area contributed by atoms with Crippen LogP contribution in [-0.2, 0) is 19.1 Å². The monoisotopic (exact) mass is 488 g/mol. The number of amides is 2. The largest absolute Gasteiger partial charge is 0.484 e. The number of ether oxygens (including phenoxy) is 2. The van der Waals surface area contributed by atoms with Gasteiger partial charge in [0.15, 0.2) is 6.61 Å². The maximum Gasteiger partial charge on any atom is 0.354 e. The molecule has 1 N–H and O–H groups in total. The standard InChI is InChI=1S/C17H17IN2O5S/c1-24-17(23)14-10(7-18)9-26-16-13(15(22)20(14)16)19-12(21)8-25-11-5-3-2-4-6-11/h2-6,13,16H,7-9H2,1H3,(H,19,21)/t13?,16-/m1/s1. The Hall–Kier alpha value is -1.75. The van der Waals surface area contributed by atoms with Crippen LogP contribution in [0.5, 0.6) is 5.75 Å². The van der Waals surface area contributed by atoms with Crippen molar-refractivity contribution in [3.8, 4) is 5.75 Å². The zero-order chi connectivity index (χ0) is 18.7. The second kappa shape index (κ2) is 8.30. The summed E-state index contributed by atoms with van der Waals surface area (Å²) in [5, 5.41) is 2.39. The van der Waals surface area contributed by atoms with E-state index in [4.69, 9.17) is 9.47 Å². The summed E-state index contributed by atoms with van der Waals surface area (Å²) in [7, 11) is 1.29. The molecule has 1 aromatic carbocycles. The predicted octanol–water partition coefficient (Wildman–Crippen LogP) is 1.33. The Balaban J connectivity index is 1.62. The first kappa shape index (κ1) is 19.0. The molecule has 0 aliphatic carbocycles. The van der Waals surface area contributed by atoms with Gasteiger partial charge in [-0.05, 0) is 17.7 Å². The van der Waals surface area contributed by atoms with Gasteiger partial charge in [-0.2, -0.15) is 0 Å². The van der Waals surface area contributed by atoms with E-state index in [0.29, 0.717) is 21.6 Å². The molecule has 2 atom stereocenters. The molecule has 0 aromatic heterocycles. The third-order valence-electron chi connectivity index (χ3n) is 4.02. The van der Waals surface area contributed by atoms with Gasteiger partial charge >= 0.3 is 5.97 Å². The SMILES string of the molecule is COC(=O)C1=C(CI)CS[C@@H]2C(NC(=O)COc3ccccc3)C(=O)N12. The topological polar surface area (TPSA) is 84.9 Å². The smallest absolute Gasteiger partial charge is 0.354 e. The number of hydrogen-bond donors (Lipinski definition) is 1. The fourth-order valence-corrected chi connectivity index (χ4v) is 5.09. The van der Waals surface area contributed by atoms with Gasteiger partial charge in [-0.25, -0.2) is 4.79 Å². The van der Waals surface area contributed by atoms with Crippen molar-refractivity contribution >= 4 is 52.1 Å². The summed E-state index contributed by atoms with van der Waals surface area (Å²) in [5.74, 6) is -0.00515. The molecule has 138 valence electrons. The Bertz CT molecular complexity index is 755. The third kappa shape index (κ3) is 3.68. The zero-order valence-electron chi connectivity index (χ0n) is 13.9. The fourth-order valence-electron chi connectivity index (χ4n) is 2.75. The first-order valence-electron chi connectivity index (χ1n) is 7.85. The Labute approximate surface area is 168 Å². The summed E-state index contributed by atoms with van der Waals surface area (Å²) in [5.41, 5.74) is 1.17. The number of nitrogens with zero attached hydrogens (tertiary/aromatic N) is 1. The Morgan fingerprint density at radius 1 is 1.35 bits per heavy atom. The summed E-state index contributed by atoms with van der Waals surface area (Å²) in [6, 6.07) is 8.31. The number of esters is 1. The number of carbonyl (C=O) groups excluding carboxylic acids is 3. The average Bonchev–Trinajstić information content (AvgIpc) is 2.69. The van der Waals surface area contributed by atoms with Gasteiger partial charge in [0.25, 0.3) is 11.8 Å². The van der Waals surface area contributed by atoms with Gasteiger partial charge in [0, 0.05) is 10.2 Å². The molecule has 1 saturated heterocycles. The molecule has 2 amide bonds. The lowest BCUT2D eigenvalue weighted by Crippen LogP contribution is -2.71. The number of nitrogens with one attached hydrogen (secondary N) is 1. The molecular formula is C17H17IN2O5S. The number of fused-ring (bicyclic) bond motifs is 1. The van der Waals surface area contributed by atoms with Crippen molar-refractivity contribution in [1.82, 2.24) is 10.2 Å². The molecule has 9 heteroatoms. The van der Waals surface area contributed by atoms with E-state index in [9.17, 15) is 14.4 Å². The fraction of sp³-hybridized carbons (Fsp3) is 0.353. The summed E-state index contributed by atoms with van der Waals surface area (Å²) in [6.07, 6.45) is 0. The number of halogens is 1. The number of β-lactam (4-membered cyclic amide) rings is 1. The first-order chi connectivity index (χ1) is 12.6. The number of thioether (sulfide) groups is 1. The molecule has 3 rings (SSSR count). The zero-order valence-corrected chi connectivity index (χ0v) is 16.9. The lowest BCUT2D eigenvalue weighted by molar-refractivity contribution is -0.152. The minimum absolute atomic E-state index is 0.177. The molecule has 2 aliphatic heterocycles. The van der Waals surface area contributed by atoms with Crippen molar-refractivity contribution in [2.75, 3.05) is 23.9 Å². The van der Waals surface area contributed by atoms with Crippen LogP contribution in [0.4, 0.5) is 0 Å². The molecule has 2 aliphatic rings. The van der Waals surface area contributed by atoms with Crippen molar-refractivity contribution in [3.05, 3.63) is 41.6 Å². The van der Waals surface area contributed by atoms with E-state index in [1.165, 1.54) is 23.8 Å². The highest BCUT2D eigenvalue weighted by Gasteiger charge is 2.54. The van der Waals surface area contributed by atoms with Crippen molar-refractivity contribution < 1.29 is 23.9 Å². The van der Waals surface area contributed by atoms with E-state index in [1.807, 2.05) is 18.2 Å². The summed E-state index contributed by atoms with van der Waals surface area (Å²) >= 11 is 3.68. The lowest BCUT2D eigenvalue weighted by Gasteiger charge is -2.49. The minimum atomic E-state index is -0.665. The van der Waals surface area contributed by atoms with Crippen LogP contribution in [0.15, 0.2) is 41.6 Å². The lowest BCUT2D eigenvalue weighted by atomic mass is 10.0. The van der Waals surface area contributed by atoms with Crippen molar-refractivity contribution in [3.63, 3.8) is 0 Å². The maximum absolute atomic E-state index is 12.5. The van der Waals surface area contributed by atoms with Gasteiger partial charge in [-0.3, -0.25) is 14.5 Å². The number of rotatable bonds is 6. The Morgan fingerprint density at radius 2 is 2.08 bits per heavy atom. The summed E-state index contributed by atoms with van der Waals surface area (Å²) in [6.45, 7) is -0.177. The van der Waals surface area contributed by atoms with Crippen LogP contribution >= 0.6 is 34.4 Å². The number of methoxy groups -OCH3 is 1. The van der Waals surface area contributed by atoms with Crippen LogP contribution in [0.25, 0.3) is 0 Å². The molecule has 0 radical (unpaired) electrons. The quantitative estimate of drug-likeness (QED) is 0.282. The highest BCUT2D eigenvalue weighted by atomic mass is 127. The Morgan fingerprint density at radius 3 is 2.73 bits per heavy atom. The molecule has 1 aromatic rings. The summed E-state index contributed by atoms with van der Waals surface area (Å²) < 4.78 is 10.8. The molecule has 7 nitrogen and oxygen atoms in total. The average molecular weight is 488 g/mol. The maximum atomic E-state index is 12.5. The van der Waals surface area contributed by atoms with Crippen LogP contribution in [0.2, 0.25) is 0 Å². The Kier molecular flexibility index (Phi) is 6.07. The van der Waals surface area contributed by atoms with Gasteiger partial charge in [0.1, 0.15) is 22.9 Å². The van der Waals surface area contributed by atoms with Crippen LogP contribution in [0, 0.1) is 0 Å². The molecule has 26 heavy (non-hydrogen) atoms.